The van der Waals surface area contributed by atoms with Gasteiger partial charge < -0.3 is 10.6 Å². The van der Waals surface area contributed by atoms with Crippen LogP contribution in [0.1, 0.15) is 36.0 Å². The fourth-order valence-corrected chi connectivity index (χ4v) is 2.34. The molecule has 0 bridgehead atoms. The van der Waals surface area contributed by atoms with Crippen molar-refractivity contribution in [2.24, 2.45) is 5.73 Å². The van der Waals surface area contributed by atoms with Crippen molar-refractivity contribution in [3.05, 3.63) is 35.4 Å². The largest absolute Gasteiger partial charge is 0.343 e. The van der Waals surface area contributed by atoms with Crippen molar-refractivity contribution < 1.29 is 18.4 Å². The molecule has 1 heterocycles. The molecule has 0 unspecified atom stereocenters. The topological polar surface area (TPSA) is 63.4 Å². The fraction of sp³-hybridized carbons (Fsp3) is 0.467. The van der Waals surface area contributed by atoms with Crippen LogP contribution in [-0.2, 0) is 4.79 Å². The average molecular weight is 333 g/mol. The van der Waals surface area contributed by atoms with E-state index in [1.807, 2.05) is 0 Å². The number of hydrogen-bond donors (Lipinski definition) is 1. The standard InChI is InChI=1S/C15H18F2N2O2.ClH/c16-12-2-1-10(9-13(12)17)14(20)3-4-15(21)19-7-5-11(18)6-8-19;/h1-2,9,11H,3-8,18H2;1H. The van der Waals surface area contributed by atoms with Gasteiger partial charge in [0.05, 0.1) is 0 Å². The molecule has 0 aliphatic carbocycles. The molecule has 122 valence electrons. The molecule has 0 radical (unpaired) electrons. The van der Waals surface area contributed by atoms with Gasteiger partial charge in [0.2, 0.25) is 5.91 Å². The van der Waals surface area contributed by atoms with Gasteiger partial charge in [-0.15, -0.1) is 12.4 Å². The predicted molar refractivity (Wildman–Crippen MR) is 81.0 cm³/mol. The minimum atomic E-state index is -1.06. The van der Waals surface area contributed by atoms with Crippen LogP contribution < -0.4 is 5.73 Å². The van der Waals surface area contributed by atoms with E-state index < -0.39 is 11.6 Å². The number of carbonyl (C=O) groups excluding carboxylic acids is 2. The van der Waals surface area contributed by atoms with Gasteiger partial charge in [-0.05, 0) is 31.0 Å². The Bertz CT molecular complexity index is 546. The van der Waals surface area contributed by atoms with Crippen molar-refractivity contribution in [1.29, 1.82) is 0 Å². The van der Waals surface area contributed by atoms with E-state index in [0.29, 0.717) is 13.1 Å². The summed E-state index contributed by atoms with van der Waals surface area (Å²) in [4.78, 5) is 25.5. The van der Waals surface area contributed by atoms with Crippen LogP contribution in [0.5, 0.6) is 0 Å². The first-order chi connectivity index (χ1) is 9.97. The molecule has 0 saturated carbocycles. The zero-order valence-electron chi connectivity index (χ0n) is 12.1. The molecule has 0 atom stereocenters. The van der Waals surface area contributed by atoms with Crippen LogP contribution in [-0.4, -0.2) is 35.7 Å². The Balaban J connectivity index is 0.00000242. The van der Waals surface area contributed by atoms with E-state index in [4.69, 9.17) is 5.73 Å². The maximum atomic E-state index is 13.1. The first-order valence-electron chi connectivity index (χ1n) is 6.99. The summed E-state index contributed by atoms with van der Waals surface area (Å²) >= 11 is 0. The van der Waals surface area contributed by atoms with Crippen LogP contribution in [0.15, 0.2) is 18.2 Å². The van der Waals surface area contributed by atoms with Crippen LogP contribution in [0.4, 0.5) is 8.78 Å². The van der Waals surface area contributed by atoms with Gasteiger partial charge in [-0.2, -0.15) is 0 Å². The Morgan fingerprint density at radius 1 is 1.14 bits per heavy atom. The lowest BCUT2D eigenvalue weighted by atomic mass is 10.0. The molecule has 1 aromatic rings. The van der Waals surface area contributed by atoms with E-state index >= 15 is 0 Å². The molecular formula is C15H19ClF2N2O2. The summed E-state index contributed by atoms with van der Waals surface area (Å²) in [5.41, 5.74) is 5.85. The Hall–Kier alpha value is -1.53. The quantitative estimate of drug-likeness (QED) is 0.860. The highest BCUT2D eigenvalue weighted by atomic mass is 35.5. The lowest BCUT2D eigenvalue weighted by Gasteiger charge is -2.30. The van der Waals surface area contributed by atoms with Crippen molar-refractivity contribution in [3.63, 3.8) is 0 Å². The number of rotatable bonds is 4. The van der Waals surface area contributed by atoms with Crippen molar-refractivity contribution in [3.8, 4) is 0 Å². The van der Waals surface area contributed by atoms with Crippen LogP contribution in [0.2, 0.25) is 0 Å². The van der Waals surface area contributed by atoms with Gasteiger partial charge in [-0.25, -0.2) is 8.78 Å². The number of amides is 1. The Morgan fingerprint density at radius 3 is 2.36 bits per heavy atom. The van der Waals surface area contributed by atoms with Gasteiger partial charge in [0.15, 0.2) is 17.4 Å². The summed E-state index contributed by atoms with van der Waals surface area (Å²) in [7, 11) is 0. The van der Waals surface area contributed by atoms with E-state index in [-0.39, 0.29) is 48.5 Å². The summed E-state index contributed by atoms with van der Waals surface area (Å²) in [5.74, 6) is -2.52. The third kappa shape index (κ3) is 4.74. The number of nitrogens with two attached hydrogens (primary N) is 1. The maximum Gasteiger partial charge on any atom is 0.223 e. The van der Waals surface area contributed by atoms with E-state index in [1.54, 1.807) is 4.90 Å². The van der Waals surface area contributed by atoms with Crippen LogP contribution in [0.25, 0.3) is 0 Å². The number of nitrogens with zero attached hydrogens (tertiary/aromatic N) is 1. The predicted octanol–water partition coefficient (Wildman–Crippen LogP) is 2.30. The van der Waals surface area contributed by atoms with Gasteiger partial charge in [0, 0.05) is 37.5 Å². The number of hydrogen-bond acceptors (Lipinski definition) is 3. The van der Waals surface area contributed by atoms with Gasteiger partial charge in [-0.3, -0.25) is 9.59 Å². The van der Waals surface area contributed by atoms with Crippen molar-refractivity contribution >= 4 is 24.1 Å². The highest BCUT2D eigenvalue weighted by Gasteiger charge is 2.21. The maximum absolute atomic E-state index is 13.1. The highest BCUT2D eigenvalue weighted by Crippen LogP contribution is 2.14. The normalized spacial score (nSPS) is 15.3. The molecule has 1 saturated heterocycles. The SMILES string of the molecule is Cl.NC1CCN(C(=O)CCC(=O)c2ccc(F)c(F)c2)CC1. The number of Topliss-reactive ketones (excluding diaryl/α,β-unsaturated/α-hetero) is 1. The Morgan fingerprint density at radius 2 is 1.77 bits per heavy atom. The van der Waals surface area contributed by atoms with Gasteiger partial charge in [0.25, 0.3) is 0 Å². The molecule has 4 nitrogen and oxygen atoms in total. The molecule has 2 rings (SSSR count). The lowest BCUT2D eigenvalue weighted by Crippen LogP contribution is -2.42. The summed E-state index contributed by atoms with van der Waals surface area (Å²) < 4.78 is 25.8. The number of halogens is 3. The summed E-state index contributed by atoms with van der Waals surface area (Å²) in [6.07, 6.45) is 1.60. The monoisotopic (exact) mass is 332 g/mol. The minimum absolute atomic E-state index is 0. The number of benzene rings is 1. The zero-order valence-corrected chi connectivity index (χ0v) is 12.9. The van der Waals surface area contributed by atoms with Crippen molar-refractivity contribution in [2.75, 3.05) is 13.1 Å². The zero-order chi connectivity index (χ0) is 15.4. The van der Waals surface area contributed by atoms with Crippen LogP contribution in [0, 0.1) is 11.6 Å². The average Bonchev–Trinajstić information content (AvgIpc) is 2.48. The molecule has 2 N–H and O–H groups in total. The molecule has 0 aromatic heterocycles. The molecule has 7 heteroatoms. The first kappa shape index (κ1) is 18.5. The third-order valence-corrected chi connectivity index (χ3v) is 3.70. The van der Waals surface area contributed by atoms with Gasteiger partial charge >= 0.3 is 0 Å². The second-order valence-electron chi connectivity index (χ2n) is 5.27. The number of likely N-dealkylation sites (tertiary alicyclic amines) is 1. The van der Waals surface area contributed by atoms with E-state index in [9.17, 15) is 18.4 Å². The second kappa shape index (κ2) is 8.19. The molecule has 1 fully saturated rings. The Kier molecular flexibility index (Phi) is 6.90. The van der Waals surface area contributed by atoms with Crippen molar-refractivity contribution in [2.45, 2.75) is 31.7 Å². The van der Waals surface area contributed by atoms with Gasteiger partial charge in [-0.1, -0.05) is 0 Å². The lowest BCUT2D eigenvalue weighted by molar-refractivity contribution is -0.132. The molecule has 1 amide bonds. The minimum Gasteiger partial charge on any atom is -0.343 e. The Labute approximate surface area is 134 Å². The fourth-order valence-electron chi connectivity index (χ4n) is 2.34. The van der Waals surface area contributed by atoms with E-state index in [0.717, 1.165) is 25.0 Å². The van der Waals surface area contributed by atoms with Crippen molar-refractivity contribution in [1.82, 2.24) is 4.90 Å². The van der Waals surface area contributed by atoms with E-state index in [2.05, 4.69) is 0 Å². The molecule has 1 aliphatic heterocycles. The highest BCUT2D eigenvalue weighted by molar-refractivity contribution is 5.97. The van der Waals surface area contributed by atoms with E-state index in [1.165, 1.54) is 6.07 Å². The smallest absolute Gasteiger partial charge is 0.223 e. The summed E-state index contributed by atoms with van der Waals surface area (Å²) in [5, 5.41) is 0. The molecule has 22 heavy (non-hydrogen) atoms. The number of carbonyl (C=O) groups is 2. The third-order valence-electron chi connectivity index (χ3n) is 3.70. The molecular weight excluding hydrogens is 314 g/mol. The summed E-state index contributed by atoms with van der Waals surface area (Å²) in [6.45, 7) is 1.22. The van der Waals surface area contributed by atoms with Crippen LogP contribution in [0.3, 0.4) is 0 Å². The summed E-state index contributed by atoms with van der Waals surface area (Å²) in [6, 6.07) is 3.14. The second-order valence-corrected chi connectivity index (χ2v) is 5.27. The number of ketones is 1. The molecule has 1 aromatic carbocycles. The molecule has 1 aliphatic rings. The first-order valence-corrected chi connectivity index (χ1v) is 6.99. The van der Waals surface area contributed by atoms with Crippen LogP contribution >= 0.6 is 12.4 Å². The number of piperidine rings is 1. The molecule has 0 spiro atoms. The van der Waals surface area contributed by atoms with Gasteiger partial charge in [0.1, 0.15) is 0 Å².